The van der Waals surface area contributed by atoms with E-state index in [-0.39, 0.29) is 23.3 Å². The van der Waals surface area contributed by atoms with E-state index in [2.05, 4.69) is 29.4 Å². The lowest BCUT2D eigenvalue weighted by atomic mass is 10.0. The third-order valence-corrected chi connectivity index (χ3v) is 5.04. The average molecular weight is 361 g/mol. The van der Waals surface area contributed by atoms with Crippen LogP contribution in [0.1, 0.15) is 44.5 Å². The van der Waals surface area contributed by atoms with Gasteiger partial charge in [-0.05, 0) is 32.4 Å². The summed E-state index contributed by atoms with van der Waals surface area (Å²) in [4.78, 5) is 27.2. The van der Waals surface area contributed by atoms with Crippen LogP contribution in [0, 0.1) is 5.92 Å². The van der Waals surface area contributed by atoms with Crippen LogP contribution in [0.2, 0.25) is 0 Å². The van der Waals surface area contributed by atoms with Gasteiger partial charge >= 0.3 is 0 Å². The fourth-order valence-corrected chi connectivity index (χ4v) is 2.90. The minimum Gasteiger partial charge on any atom is -0.379 e. The second-order valence-corrected chi connectivity index (χ2v) is 7.44. The Morgan fingerprint density at radius 1 is 1.23 bits per heavy atom. The molecule has 2 N–H and O–H groups in total. The van der Waals surface area contributed by atoms with Crippen LogP contribution >= 0.6 is 0 Å². The van der Waals surface area contributed by atoms with Crippen molar-refractivity contribution in [3.63, 3.8) is 0 Å². The summed E-state index contributed by atoms with van der Waals surface area (Å²) in [6.07, 6.45) is 0.758. The lowest BCUT2D eigenvalue weighted by molar-refractivity contribution is -0.119. The van der Waals surface area contributed by atoms with E-state index in [1.54, 1.807) is 18.2 Å². The highest BCUT2D eigenvalue weighted by molar-refractivity contribution is 6.04. The Bertz CT molecular complexity index is 624. The number of para-hydroxylation sites is 1. The standard InChI is InChI=1S/C20H31N3O3/c1-5-15(2)18(24)22-17-9-7-6-8-16(17)19(25)21-14-20(3,4)23-10-12-26-13-11-23/h6-9,15H,5,10-14H2,1-4H3,(H,21,25)(H,22,24). The molecule has 144 valence electrons. The molecular formula is C20H31N3O3. The van der Waals surface area contributed by atoms with Crippen LogP contribution < -0.4 is 10.6 Å². The van der Waals surface area contributed by atoms with E-state index in [0.29, 0.717) is 17.8 Å². The number of carbonyl (C=O) groups is 2. The summed E-state index contributed by atoms with van der Waals surface area (Å²) in [6.45, 7) is 11.8. The number of ether oxygens (including phenoxy) is 1. The second kappa shape index (κ2) is 9.14. The van der Waals surface area contributed by atoms with Crippen LogP contribution in [0.4, 0.5) is 5.69 Å². The van der Waals surface area contributed by atoms with Gasteiger partial charge in [0.2, 0.25) is 5.91 Å². The van der Waals surface area contributed by atoms with Gasteiger partial charge < -0.3 is 15.4 Å². The number of anilines is 1. The Morgan fingerprint density at radius 2 is 1.88 bits per heavy atom. The molecule has 0 bridgehead atoms. The van der Waals surface area contributed by atoms with Gasteiger partial charge in [0.1, 0.15) is 0 Å². The van der Waals surface area contributed by atoms with Crippen LogP contribution in [0.3, 0.4) is 0 Å². The molecule has 1 aliphatic rings. The molecule has 1 aromatic rings. The quantitative estimate of drug-likeness (QED) is 0.783. The molecule has 1 aromatic carbocycles. The van der Waals surface area contributed by atoms with Crippen molar-refractivity contribution in [2.75, 3.05) is 38.2 Å². The molecule has 0 aliphatic carbocycles. The van der Waals surface area contributed by atoms with Crippen molar-refractivity contribution in [1.82, 2.24) is 10.2 Å². The van der Waals surface area contributed by atoms with Gasteiger partial charge in [-0.2, -0.15) is 0 Å². The second-order valence-electron chi connectivity index (χ2n) is 7.44. The molecule has 0 spiro atoms. The minimum absolute atomic E-state index is 0.0682. The first-order chi connectivity index (χ1) is 12.3. The predicted octanol–water partition coefficient (Wildman–Crippen LogP) is 2.51. The molecule has 6 heteroatoms. The van der Waals surface area contributed by atoms with Crippen molar-refractivity contribution >= 4 is 17.5 Å². The zero-order valence-corrected chi connectivity index (χ0v) is 16.3. The van der Waals surface area contributed by atoms with E-state index in [9.17, 15) is 9.59 Å². The first kappa shape index (κ1) is 20.4. The fraction of sp³-hybridized carbons (Fsp3) is 0.600. The number of benzene rings is 1. The number of hydrogen-bond acceptors (Lipinski definition) is 4. The molecular weight excluding hydrogens is 330 g/mol. The van der Waals surface area contributed by atoms with Crippen LogP contribution in [0.15, 0.2) is 24.3 Å². The van der Waals surface area contributed by atoms with Crippen molar-refractivity contribution < 1.29 is 14.3 Å². The number of nitrogens with one attached hydrogen (secondary N) is 2. The SMILES string of the molecule is CCC(C)C(=O)Nc1ccccc1C(=O)NCC(C)(C)N1CCOCC1. The molecule has 1 heterocycles. The molecule has 0 saturated carbocycles. The third-order valence-electron chi connectivity index (χ3n) is 5.04. The summed E-state index contributed by atoms with van der Waals surface area (Å²) in [5.41, 5.74) is 0.885. The summed E-state index contributed by atoms with van der Waals surface area (Å²) < 4.78 is 5.40. The summed E-state index contributed by atoms with van der Waals surface area (Å²) in [6, 6.07) is 7.13. The molecule has 1 atom stereocenters. The zero-order valence-electron chi connectivity index (χ0n) is 16.3. The molecule has 1 unspecified atom stereocenters. The van der Waals surface area contributed by atoms with Gasteiger partial charge in [0, 0.05) is 31.1 Å². The summed E-state index contributed by atoms with van der Waals surface area (Å²) in [5.74, 6) is -0.334. The van der Waals surface area contributed by atoms with E-state index in [4.69, 9.17) is 4.74 Å². The lowest BCUT2D eigenvalue weighted by Crippen LogP contribution is -2.55. The Morgan fingerprint density at radius 3 is 2.54 bits per heavy atom. The number of carbonyl (C=O) groups excluding carboxylic acids is 2. The maximum absolute atomic E-state index is 12.7. The number of nitrogens with zero attached hydrogens (tertiary/aromatic N) is 1. The molecule has 2 rings (SSSR count). The Labute approximate surface area is 156 Å². The number of amides is 2. The maximum Gasteiger partial charge on any atom is 0.253 e. The summed E-state index contributed by atoms with van der Waals surface area (Å²) in [7, 11) is 0. The molecule has 1 fully saturated rings. The fourth-order valence-electron chi connectivity index (χ4n) is 2.90. The molecule has 1 aliphatic heterocycles. The van der Waals surface area contributed by atoms with Crippen molar-refractivity contribution in [2.24, 2.45) is 5.92 Å². The van der Waals surface area contributed by atoms with E-state index in [1.165, 1.54) is 0 Å². The number of morpholine rings is 1. The van der Waals surface area contributed by atoms with Crippen molar-refractivity contribution in [3.8, 4) is 0 Å². The van der Waals surface area contributed by atoms with Crippen molar-refractivity contribution in [1.29, 1.82) is 0 Å². The molecule has 0 radical (unpaired) electrons. The van der Waals surface area contributed by atoms with Gasteiger partial charge in [-0.3, -0.25) is 14.5 Å². The van der Waals surface area contributed by atoms with Crippen LogP contribution in [0.25, 0.3) is 0 Å². The van der Waals surface area contributed by atoms with E-state index in [0.717, 1.165) is 32.7 Å². The van der Waals surface area contributed by atoms with Crippen LogP contribution in [-0.2, 0) is 9.53 Å². The Balaban J connectivity index is 2.02. The molecule has 1 saturated heterocycles. The van der Waals surface area contributed by atoms with Gasteiger partial charge in [0.15, 0.2) is 0 Å². The molecule has 0 aromatic heterocycles. The highest BCUT2D eigenvalue weighted by atomic mass is 16.5. The van der Waals surface area contributed by atoms with E-state index < -0.39 is 0 Å². The van der Waals surface area contributed by atoms with Gasteiger partial charge in [-0.1, -0.05) is 26.0 Å². The summed E-state index contributed by atoms with van der Waals surface area (Å²) >= 11 is 0. The third kappa shape index (κ3) is 5.29. The van der Waals surface area contributed by atoms with Gasteiger partial charge in [0.05, 0.1) is 24.5 Å². The Hall–Kier alpha value is -1.92. The average Bonchev–Trinajstić information content (AvgIpc) is 2.66. The minimum atomic E-state index is -0.175. The monoisotopic (exact) mass is 361 g/mol. The van der Waals surface area contributed by atoms with E-state index in [1.807, 2.05) is 19.9 Å². The highest BCUT2D eigenvalue weighted by Crippen LogP contribution is 2.19. The zero-order chi connectivity index (χ0) is 19.2. The van der Waals surface area contributed by atoms with Crippen molar-refractivity contribution in [2.45, 2.75) is 39.7 Å². The first-order valence-electron chi connectivity index (χ1n) is 9.36. The predicted molar refractivity (Wildman–Crippen MR) is 103 cm³/mol. The number of rotatable bonds is 7. The van der Waals surface area contributed by atoms with E-state index >= 15 is 0 Å². The van der Waals surface area contributed by atoms with Gasteiger partial charge in [-0.15, -0.1) is 0 Å². The first-order valence-corrected chi connectivity index (χ1v) is 9.36. The normalized spacial score (nSPS) is 16.8. The summed E-state index contributed by atoms with van der Waals surface area (Å²) in [5, 5.41) is 5.90. The largest absolute Gasteiger partial charge is 0.379 e. The lowest BCUT2D eigenvalue weighted by Gasteiger charge is -2.40. The Kier molecular flexibility index (Phi) is 7.17. The van der Waals surface area contributed by atoms with Crippen LogP contribution in [0.5, 0.6) is 0 Å². The molecule has 6 nitrogen and oxygen atoms in total. The van der Waals surface area contributed by atoms with Crippen LogP contribution in [-0.4, -0.2) is 55.1 Å². The topological polar surface area (TPSA) is 70.7 Å². The maximum atomic E-state index is 12.7. The molecule has 2 amide bonds. The van der Waals surface area contributed by atoms with Gasteiger partial charge in [0.25, 0.3) is 5.91 Å². The smallest absolute Gasteiger partial charge is 0.253 e. The number of hydrogen-bond donors (Lipinski definition) is 2. The molecule has 26 heavy (non-hydrogen) atoms. The highest BCUT2D eigenvalue weighted by Gasteiger charge is 2.29. The van der Waals surface area contributed by atoms with Gasteiger partial charge in [-0.25, -0.2) is 0 Å². The van der Waals surface area contributed by atoms with Crippen molar-refractivity contribution in [3.05, 3.63) is 29.8 Å².